The van der Waals surface area contributed by atoms with Gasteiger partial charge < -0.3 is 14.7 Å². The van der Waals surface area contributed by atoms with E-state index in [1.54, 1.807) is 24.5 Å². The second-order valence-electron chi connectivity index (χ2n) is 5.57. The molecule has 3 aromatic rings. The minimum Gasteiger partial charge on any atom is -0.469 e. The second-order valence-corrected chi connectivity index (χ2v) is 5.57. The SMILES string of the molecule is Cc1ccc(-c2ccc(C(=O)NCCc3ccco3)c(=O)[nH]2)cc1. The van der Waals surface area contributed by atoms with Crippen molar-refractivity contribution in [1.82, 2.24) is 10.3 Å². The molecule has 5 nitrogen and oxygen atoms in total. The van der Waals surface area contributed by atoms with Crippen molar-refractivity contribution in [3.05, 3.63) is 82.0 Å². The molecule has 2 N–H and O–H groups in total. The first-order valence-corrected chi connectivity index (χ1v) is 7.74. The van der Waals surface area contributed by atoms with E-state index in [-0.39, 0.29) is 5.56 Å². The maximum absolute atomic E-state index is 12.2. The summed E-state index contributed by atoms with van der Waals surface area (Å²) in [5.74, 6) is 0.400. The normalized spacial score (nSPS) is 10.5. The summed E-state index contributed by atoms with van der Waals surface area (Å²) in [6.45, 7) is 2.41. The topological polar surface area (TPSA) is 75.1 Å². The number of hydrogen-bond donors (Lipinski definition) is 2. The van der Waals surface area contributed by atoms with E-state index in [4.69, 9.17) is 4.42 Å². The van der Waals surface area contributed by atoms with Gasteiger partial charge in [0.15, 0.2) is 0 Å². The third kappa shape index (κ3) is 3.63. The van der Waals surface area contributed by atoms with Crippen molar-refractivity contribution in [2.45, 2.75) is 13.3 Å². The molecule has 0 atom stereocenters. The number of pyridine rings is 1. The van der Waals surface area contributed by atoms with E-state index in [0.29, 0.717) is 18.7 Å². The first-order chi connectivity index (χ1) is 11.6. The Kier molecular flexibility index (Phi) is 4.61. The fourth-order valence-corrected chi connectivity index (χ4v) is 2.40. The predicted octanol–water partition coefficient (Wildman–Crippen LogP) is 2.92. The average molecular weight is 322 g/mol. The molecular formula is C19H18N2O3. The quantitative estimate of drug-likeness (QED) is 0.758. The van der Waals surface area contributed by atoms with Gasteiger partial charge in [-0.3, -0.25) is 9.59 Å². The number of amides is 1. The highest BCUT2D eigenvalue weighted by atomic mass is 16.3. The lowest BCUT2D eigenvalue weighted by Crippen LogP contribution is -2.31. The Morgan fingerprint density at radius 2 is 1.92 bits per heavy atom. The number of nitrogens with one attached hydrogen (secondary N) is 2. The average Bonchev–Trinajstić information content (AvgIpc) is 3.08. The lowest BCUT2D eigenvalue weighted by molar-refractivity contribution is 0.0952. The number of carbonyl (C=O) groups is 1. The Bertz CT molecular complexity index is 878. The zero-order valence-corrected chi connectivity index (χ0v) is 13.3. The molecule has 0 aliphatic carbocycles. The maximum atomic E-state index is 12.2. The molecule has 0 radical (unpaired) electrons. The lowest BCUT2D eigenvalue weighted by Gasteiger charge is -2.06. The molecule has 0 aliphatic heterocycles. The van der Waals surface area contributed by atoms with Crippen LogP contribution in [0.5, 0.6) is 0 Å². The molecule has 0 unspecified atom stereocenters. The number of furan rings is 1. The Morgan fingerprint density at radius 3 is 2.58 bits per heavy atom. The summed E-state index contributed by atoms with van der Waals surface area (Å²) in [4.78, 5) is 27.1. The summed E-state index contributed by atoms with van der Waals surface area (Å²) in [7, 11) is 0. The zero-order valence-electron chi connectivity index (χ0n) is 13.3. The van der Waals surface area contributed by atoms with Crippen LogP contribution in [0.25, 0.3) is 11.3 Å². The predicted molar refractivity (Wildman–Crippen MR) is 92.0 cm³/mol. The minimum absolute atomic E-state index is 0.102. The van der Waals surface area contributed by atoms with Gasteiger partial charge in [-0.25, -0.2) is 0 Å². The van der Waals surface area contributed by atoms with Gasteiger partial charge in [0.05, 0.1) is 6.26 Å². The van der Waals surface area contributed by atoms with Crippen molar-refractivity contribution in [2.75, 3.05) is 6.54 Å². The van der Waals surface area contributed by atoms with E-state index >= 15 is 0 Å². The van der Waals surface area contributed by atoms with Crippen molar-refractivity contribution >= 4 is 5.91 Å². The zero-order chi connectivity index (χ0) is 16.9. The molecule has 0 spiro atoms. The number of aromatic nitrogens is 1. The first-order valence-electron chi connectivity index (χ1n) is 7.74. The molecule has 2 heterocycles. The van der Waals surface area contributed by atoms with E-state index < -0.39 is 11.5 Å². The Morgan fingerprint density at radius 1 is 1.12 bits per heavy atom. The fraction of sp³-hybridized carbons (Fsp3) is 0.158. The maximum Gasteiger partial charge on any atom is 0.261 e. The molecular weight excluding hydrogens is 304 g/mol. The number of benzene rings is 1. The number of aromatic amines is 1. The molecule has 0 aliphatic rings. The first kappa shape index (κ1) is 15.8. The van der Waals surface area contributed by atoms with E-state index in [0.717, 1.165) is 16.9 Å². The Hall–Kier alpha value is -3.08. The summed E-state index contributed by atoms with van der Waals surface area (Å²) in [5.41, 5.74) is 2.44. The van der Waals surface area contributed by atoms with Crippen molar-refractivity contribution in [1.29, 1.82) is 0 Å². The molecule has 0 fully saturated rings. The molecule has 5 heteroatoms. The van der Waals surface area contributed by atoms with Crippen LogP contribution in [0.1, 0.15) is 21.7 Å². The highest BCUT2D eigenvalue weighted by Crippen LogP contribution is 2.16. The smallest absolute Gasteiger partial charge is 0.261 e. The van der Waals surface area contributed by atoms with E-state index in [1.165, 1.54) is 0 Å². The number of hydrogen-bond acceptors (Lipinski definition) is 3. The van der Waals surface area contributed by atoms with Crippen molar-refractivity contribution in [3.8, 4) is 11.3 Å². The van der Waals surface area contributed by atoms with Crippen LogP contribution < -0.4 is 10.9 Å². The molecule has 1 amide bonds. The molecule has 24 heavy (non-hydrogen) atoms. The van der Waals surface area contributed by atoms with Gasteiger partial charge in [0.2, 0.25) is 0 Å². The van der Waals surface area contributed by atoms with E-state index in [1.807, 2.05) is 37.3 Å². The monoisotopic (exact) mass is 322 g/mol. The molecule has 3 rings (SSSR count). The summed E-state index contributed by atoms with van der Waals surface area (Å²) >= 11 is 0. The van der Waals surface area contributed by atoms with Crippen LogP contribution in [0.15, 0.2) is 64.0 Å². The van der Waals surface area contributed by atoms with Crippen molar-refractivity contribution in [2.24, 2.45) is 0 Å². The van der Waals surface area contributed by atoms with Crippen LogP contribution in [0.4, 0.5) is 0 Å². The fourth-order valence-electron chi connectivity index (χ4n) is 2.40. The summed E-state index contributed by atoms with van der Waals surface area (Å²) in [5, 5.41) is 2.73. The highest BCUT2D eigenvalue weighted by molar-refractivity contribution is 5.94. The number of rotatable bonds is 5. The third-order valence-electron chi connectivity index (χ3n) is 3.75. The van der Waals surface area contributed by atoms with Gasteiger partial charge in [-0.15, -0.1) is 0 Å². The Labute approximate surface area is 139 Å². The molecule has 122 valence electrons. The van der Waals surface area contributed by atoms with Crippen LogP contribution in [0, 0.1) is 6.92 Å². The number of aryl methyl sites for hydroxylation is 1. The van der Waals surface area contributed by atoms with Gasteiger partial charge in [-0.05, 0) is 36.8 Å². The van der Waals surface area contributed by atoms with Crippen LogP contribution in [0.2, 0.25) is 0 Å². The van der Waals surface area contributed by atoms with Crippen molar-refractivity contribution in [3.63, 3.8) is 0 Å². The van der Waals surface area contributed by atoms with Gasteiger partial charge in [0.25, 0.3) is 11.5 Å². The number of H-pyrrole nitrogens is 1. The van der Waals surface area contributed by atoms with Gasteiger partial charge in [-0.2, -0.15) is 0 Å². The van der Waals surface area contributed by atoms with Crippen LogP contribution in [0.3, 0.4) is 0 Å². The second kappa shape index (κ2) is 7.00. The molecule has 0 saturated carbocycles. The van der Waals surface area contributed by atoms with Crippen LogP contribution in [-0.2, 0) is 6.42 Å². The highest BCUT2D eigenvalue weighted by Gasteiger charge is 2.11. The van der Waals surface area contributed by atoms with Gasteiger partial charge in [0.1, 0.15) is 11.3 Å². The molecule has 0 bridgehead atoms. The van der Waals surface area contributed by atoms with Crippen molar-refractivity contribution < 1.29 is 9.21 Å². The minimum atomic E-state index is -0.399. The van der Waals surface area contributed by atoms with Crippen LogP contribution >= 0.6 is 0 Å². The number of carbonyl (C=O) groups excluding carboxylic acids is 1. The summed E-state index contributed by atoms with van der Waals surface area (Å²) < 4.78 is 5.20. The largest absolute Gasteiger partial charge is 0.469 e. The standard InChI is InChI=1S/C19H18N2O3/c1-13-4-6-14(7-5-13)17-9-8-16(19(23)21-17)18(22)20-11-10-15-3-2-12-24-15/h2-9,12H,10-11H2,1H3,(H,20,22)(H,21,23). The third-order valence-corrected chi connectivity index (χ3v) is 3.75. The summed E-state index contributed by atoms with van der Waals surface area (Å²) in [6, 6.07) is 14.8. The van der Waals surface area contributed by atoms with Gasteiger partial charge in [0, 0.05) is 18.7 Å². The molecule has 1 aromatic carbocycles. The molecule has 0 saturated heterocycles. The molecule has 2 aromatic heterocycles. The lowest BCUT2D eigenvalue weighted by atomic mass is 10.1. The summed E-state index contributed by atoms with van der Waals surface area (Å²) in [6.07, 6.45) is 2.17. The van der Waals surface area contributed by atoms with E-state index in [9.17, 15) is 9.59 Å². The van der Waals surface area contributed by atoms with Gasteiger partial charge >= 0.3 is 0 Å². The van der Waals surface area contributed by atoms with Gasteiger partial charge in [-0.1, -0.05) is 29.8 Å². The Balaban J connectivity index is 1.68. The van der Waals surface area contributed by atoms with E-state index in [2.05, 4.69) is 10.3 Å². The van der Waals surface area contributed by atoms with Crippen LogP contribution in [-0.4, -0.2) is 17.4 Å².